The van der Waals surface area contributed by atoms with E-state index in [9.17, 15) is 9.59 Å². The molecular weight excluding hydrogens is 364 g/mol. The van der Waals surface area contributed by atoms with Crippen molar-refractivity contribution < 1.29 is 9.59 Å². The van der Waals surface area contributed by atoms with Gasteiger partial charge < -0.3 is 10.2 Å². The van der Waals surface area contributed by atoms with Crippen LogP contribution < -0.4 is 5.32 Å². The maximum atomic E-state index is 12.7. The molecule has 2 heterocycles. The number of nitrogens with one attached hydrogen (secondary N) is 1. The second-order valence-electron chi connectivity index (χ2n) is 8.74. The minimum Gasteiger partial charge on any atom is -0.353 e. The highest BCUT2D eigenvalue weighted by molar-refractivity contribution is 5.79. The van der Waals surface area contributed by atoms with E-state index in [0.29, 0.717) is 19.0 Å². The molecule has 0 spiro atoms. The van der Waals surface area contributed by atoms with Crippen LogP contribution in [0.25, 0.3) is 0 Å². The molecule has 0 radical (unpaired) electrons. The van der Waals surface area contributed by atoms with E-state index >= 15 is 0 Å². The molecule has 1 unspecified atom stereocenters. The predicted octanol–water partition coefficient (Wildman–Crippen LogP) is 3.45. The first kappa shape index (κ1) is 21.7. The number of nitrogens with zero attached hydrogens (tertiary/aromatic N) is 3. The quantitative estimate of drug-likeness (QED) is 0.761. The normalized spacial score (nSPS) is 19.9. The fourth-order valence-electron chi connectivity index (χ4n) is 4.78. The second kappa shape index (κ2) is 9.68. The van der Waals surface area contributed by atoms with Crippen molar-refractivity contribution in [2.24, 2.45) is 5.92 Å². The molecule has 1 atom stereocenters. The molecule has 1 aliphatic carbocycles. The molecule has 3 rings (SSSR count). The SMILES string of the molecule is CCC(CC)C(=O)N1CCC(c2nc(C)c(CC(=O)NC3CCCC3)c(C)n2)C1. The number of likely N-dealkylation sites (tertiary alicyclic amines) is 1. The van der Waals surface area contributed by atoms with Crippen molar-refractivity contribution in [1.29, 1.82) is 0 Å². The molecule has 1 aromatic heterocycles. The predicted molar refractivity (Wildman–Crippen MR) is 114 cm³/mol. The molecule has 0 bridgehead atoms. The number of aromatic nitrogens is 2. The van der Waals surface area contributed by atoms with E-state index < -0.39 is 0 Å². The smallest absolute Gasteiger partial charge is 0.225 e. The number of carbonyl (C=O) groups excluding carboxylic acids is 2. The number of rotatable bonds is 7. The van der Waals surface area contributed by atoms with Gasteiger partial charge in [0, 0.05) is 47.9 Å². The molecule has 160 valence electrons. The lowest BCUT2D eigenvalue weighted by atomic mass is 10.0. The fraction of sp³-hybridized carbons (Fsp3) is 0.739. The van der Waals surface area contributed by atoms with Crippen LogP contribution in [0.1, 0.15) is 87.5 Å². The average Bonchev–Trinajstić information content (AvgIpc) is 3.37. The molecule has 1 N–H and O–H groups in total. The van der Waals surface area contributed by atoms with Gasteiger partial charge in [-0.05, 0) is 46.0 Å². The lowest BCUT2D eigenvalue weighted by Gasteiger charge is -2.22. The minimum atomic E-state index is 0.0715. The maximum Gasteiger partial charge on any atom is 0.225 e. The summed E-state index contributed by atoms with van der Waals surface area (Å²) in [5.74, 6) is 1.47. The fourth-order valence-corrected chi connectivity index (χ4v) is 4.78. The van der Waals surface area contributed by atoms with Crippen LogP contribution >= 0.6 is 0 Å². The largest absolute Gasteiger partial charge is 0.353 e. The third-order valence-corrected chi connectivity index (χ3v) is 6.70. The summed E-state index contributed by atoms with van der Waals surface area (Å²) in [6.07, 6.45) is 7.63. The standard InChI is InChI=1S/C23H36N4O2/c1-5-17(6-2)23(29)27-12-11-18(14-27)22-24-15(3)20(16(4)25-22)13-21(28)26-19-9-7-8-10-19/h17-19H,5-14H2,1-4H3,(H,26,28). The Morgan fingerprint density at radius 2 is 1.69 bits per heavy atom. The lowest BCUT2D eigenvalue weighted by molar-refractivity contribution is -0.134. The first-order valence-corrected chi connectivity index (χ1v) is 11.3. The van der Waals surface area contributed by atoms with Crippen LogP contribution in [0.5, 0.6) is 0 Å². The Bertz CT molecular complexity index is 715. The first-order valence-electron chi connectivity index (χ1n) is 11.3. The highest BCUT2D eigenvalue weighted by Gasteiger charge is 2.32. The van der Waals surface area contributed by atoms with Gasteiger partial charge in [0.25, 0.3) is 0 Å². The van der Waals surface area contributed by atoms with Gasteiger partial charge in [0.05, 0.1) is 6.42 Å². The van der Waals surface area contributed by atoms with E-state index in [2.05, 4.69) is 19.2 Å². The van der Waals surface area contributed by atoms with Gasteiger partial charge in [0.15, 0.2) is 0 Å². The Morgan fingerprint density at radius 3 is 2.28 bits per heavy atom. The van der Waals surface area contributed by atoms with Crippen molar-refractivity contribution >= 4 is 11.8 Å². The molecule has 1 saturated heterocycles. The van der Waals surface area contributed by atoms with Crippen molar-refractivity contribution in [2.75, 3.05) is 13.1 Å². The molecule has 1 saturated carbocycles. The average molecular weight is 401 g/mol. The molecule has 1 aromatic rings. The summed E-state index contributed by atoms with van der Waals surface area (Å²) < 4.78 is 0. The van der Waals surface area contributed by atoms with Gasteiger partial charge in [-0.3, -0.25) is 9.59 Å². The van der Waals surface area contributed by atoms with Crippen molar-refractivity contribution in [1.82, 2.24) is 20.2 Å². The van der Waals surface area contributed by atoms with Gasteiger partial charge in [-0.25, -0.2) is 9.97 Å². The highest BCUT2D eigenvalue weighted by Crippen LogP contribution is 2.28. The monoisotopic (exact) mass is 400 g/mol. The van der Waals surface area contributed by atoms with Gasteiger partial charge in [0.1, 0.15) is 5.82 Å². The second-order valence-corrected chi connectivity index (χ2v) is 8.74. The zero-order valence-corrected chi connectivity index (χ0v) is 18.5. The topological polar surface area (TPSA) is 75.2 Å². The number of carbonyl (C=O) groups is 2. The first-order chi connectivity index (χ1) is 13.9. The summed E-state index contributed by atoms with van der Waals surface area (Å²) in [5, 5.41) is 3.15. The van der Waals surface area contributed by atoms with Crippen molar-refractivity contribution in [2.45, 2.75) is 91.0 Å². The van der Waals surface area contributed by atoms with E-state index in [1.807, 2.05) is 18.7 Å². The van der Waals surface area contributed by atoms with Gasteiger partial charge in [-0.2, -0.15) is 0 Å². The molecule has 0 aromatic carbocycles. The summed E-state index contributed by atoms with van der Waals surface area (Å²) in [6.45, 7) is 9.59. The molecule has 6 nitrogen and oxygen atoms in total. The zero-order chi connectivity index (χ0) is 21.0. The Kier molecular flexibility index (Phi) is 7.25. The van der Waals surface area contributed by atoms with E-state index in [1.54, 1.807) is 0 Å². The summed E-state index contributed by atoms with van der Waals surface area (Å²) in [6, 6.07) is 0.334. The Hall–Kier alpha value is -1.98. The third kappa shape index (κ3) is 5.14. The lowest BCUT2D eigenvalue weighted by Crippen LogP contribution is -2.34. The number of amides is 2. The summed E-state index contributed by atoms with van der Waals surface area (Å²) >= 11 is 0. The Labute approximate surface area is 174 Å². The zero-order valence-electron chi connectivity index (χ0n) is 18.5. The van der Waals surface area contributed by atoms with Gasteiger partial charge >= 0.3 is 0 Å². The van der Waals surface area contributed by atoms with Crippen LogP contribution in [-0.2, 0) is 16.0 Å². The molecule has 6 heteroatoms. The van der Waals surface area contributed by atoms with Crippen molar-refractivity contribution in [3.63, 3.8) is 0 Å². The van der Waals surface area contributed by atoms with Gasteiger partial charge in [0.2, 0.25) is 11.8 Å². The van der Waals surface area contributed by atoms with Crippen molar-refractivity contribution in [3.05, 3.63) is 22.8 Å². The number of hydrogen-bond donors (Lipinski definition) is 1. The third-order valence-electron chi connectivity index (χ3n) is 6.70. The maximum absolute atomic E-state index is 12.7. The summed E-state index contributed by atoms with van der Waals surface area (Å²) in [7, 11) is 0. The Morgan fingerprint density at radius 1 is 1.07 bits per heavy atom. The molecule has 2 aliphatic rings. The molecule has 29 heavy (non-hydrogen) atoms. The van der Waals surface area contributed by atoms with Gasteiger partial charge in [-0.15, -0.1) is 0 Å². The van der Waals surface area contributed by atoms with Crippen LogP contribution in [-0.4, -0.2) is 45.8 Å². The number of hydrogen-bond acceptors (Lipinski definition) is 4. The summed E-state index contributed by atoms with van der Waals surface area (Å²) in [4.78, 5) is 36.6. The van der Waals surface area contributed by atoms with Crippen LogP contribution in [0, 0.1) is 19.8 Å². The minimum absolute atomic E-state index is 0.0715. The molecule has 1 aliphatic heterocycles. The molecule has 2 fully saturated rings. The van der Waals surface area contributed by atoms with Crippen LogP contribution in [0.2, 0.25) is 0 Å². The number of aryl methyl sites for hydroxylation is 2. The highest BCUT2D eigenvalue weighted by atomic mass is 16.2. The van der Waals surface area contributed by atoms with E-state index in [0.717, 1.165) is 61.4 Å². The van der Waals surface area contributed by atoms with Crippen LogP contribution in [0.4, 0.5) is 0 Å². The summed E-state index contributed by atoms with van der Waals surface area (Å²) in [5.41, 5.74) is 2.71. The van der Waals surface area contributed by atoms with E-state index in [1.165, 1.54) is 12.8 Å². The van der Waals surface area contributed by atoms with E-state index in [4.69, 9.17) is 9.97 Å². The molecular formula is C23H36N4O2. The Balaban J connectivity index is 1.64. The van der Waals surface area contributed by atoms with Crippen LogP contribution in [0.15, 0.2) is 0 Å². The van der Waals surface area contributed by atoms with Gasteiger partial charge in [-0.1, -0.05) is 26.7 Å². The van der Waals surface area contributed by atoms with E-state index in [-0.39, 0.29) is 23.7 Å². The van der Waals surface area contributed by atoms with Crippen LogP contribution in [0.3, 0.4) is 0 Å². The van der Waals surface area contributed by atoms with Crippen molar-refractivity contribution in [3.8, 4) is 0 Å². The molecule has 2 amide bonds.